The van der Waals surface area contributed by atoms with E-state index in [1.165, 1.54) is 18.3 Å². The largest absolute Gasteiger partial charge is 0.373 e. The van der Waals surface area contributed by atoms with Gasteiger partial charge in [0.05, 0.1) is 54.1 Å². The number of benzene rings is 1. The van der Waals surface area contributed by atoms with E-state index in [1.54, 1.807) is 24.1 Å². The lowest BCUT2D eigenvalue weighted by atomic mass is 10.0. The van der Waals surface area contributed by atoms with Crippen LogP contribution in [0.15, 0.2) is 47.8 Å². The zero-order valence-electron chi connectivity index (χ0n) is 18.1. The Morgan fingerprint density at radius 3 is 2.68 bits per heavy atom. The van der Waals surface area contributed by atoms with Crippen molar-refractivity contribution in [2.24, 2.45) is 13.0 Å². The molecule has 0 aliphatic carbocycles. The van der Waals surface area contributed by atoms with Gasteiger partial charge in [0.25, 0.3) is 0 Å². The van der Waals surface area contributed by atoms with Gasteiger partial charge in [-0.25, -0.2) is 17.8 Å². The maximum Gasteiger partial charge on any atom is 0.229 e. The molecule has 180 valence electrons. The Balaban J connectivity index is 1.25. The molecule has 3 aromatic rings. The average molecular weight is 509 g/mol. The number of nitrogens with one attached hydrogen (secondary N) is 2. The summed E-state index contributed by atoms with van der Waals surface area (Å²) in [4.78, 5) is 8.70. The molecule has 2 aromatic heterocycles. The minimum atomic E-state index is -3.62. The van der Waals surface area contributed by atoms with Crippen LogP contribution in [-0.4, -0.2) is 65.4 Å². The first-order chi connectivity index (χ1) is 16.3. The summed E-state index contributed by atoms with van der Waals surface area (Å²) in [5, 5.41) is 10.7. The molecule has 13 heteroatoms. The van der Waals surface area contributed by atoms with Gasteiger partial charge in [0.2, 0.25) is 5.95 Å². The molecule has 0 amide bonds. The predicted molar refractivity (Wildman–Crippen MR) is 122 cm³/mol. The van der Waals surface area contributed by atoms with Crippen LogP contribution in [0, 0.1) is 11.7 Å². The van der Waals surface area contributed by atoms with E-state index in [9.17, 15) is 12.8 Å². The Labute approximate surface area is 200 Å². The number of aryl methyl sites for hydroxylation is 1. The van der Waals surface area contributed by atoms with E-state index < -0.39 is 21.8 Å². The van der Waals surface area contributed by atoms with Crippen LogP contribution >= 0.6 is 11.6 Å². The summed E-state index contributed by atoms with van der Waals surface area (Å²) >= 11 is 6.30. The number of rotatable bonds is 7. The molecule has 1 aromatic carbocycles. The van der Waals surface area contributed by atoms with E-state index in [1.807, 2.05) is 0 Å². The van der Waals surface area contributed by atoms with Crippen LogP contribution in [0.4, 0.5) is 21.8 Å². The molecule has 0 spiro atoms. The fraction of sp³-hybridized carbons (Fsp3) is 0.381. The third kappa shape index (κ3) is 4.71. The molecule has 4 heterocycles. The lowest BCUT2D eigenvalue weighted by Gasteiger charge is -2.19. The van der Waals surface area contributed by atoms with E-state index in [-0.39, 0.29) is 35.3 Å². The van der Waals surface area contributed by atoms with Crippen molar-refractivity contribution in [2.75, 3.05) is 29.6 Å². The number of ether oxygens (including phenoxy) is 2. The molecule has 10 nitrogen and oxygen atoms in total. The molecule has 5 rings (SSSR count). The van der Waals surface area contributed by atoms with E-state index in [2.05, 4.69) is 25.7 Å². The first-order valence-corrected chi connectivity index (χ1v) is 12.6. The number of hydrogen-bond donors (Lipinski definition) is 2. The molecular formula is C21H22ClFN6O4S. The molecule has 2 fully saturated rings. The third-order valence-electron chi connectivity index (χ3n) is 5.79. The van der Waals surface area contributed by atoms with Crippen molar-refractivity contribution in [3.63, 3.8) is 0 Å². The normalized spacial score (nSPS) is 24.2. The van der Waals surface area contributed by atoms with Gasteiger partial charge in [-0.1, -0.05) is 11.6 Å². The second-order valence-electron chi connectivity index (χ2n) is 8.26. The summed E-state index contributed by atoms with van der Waals surface area (Å²) in [6, 6.07) is 4.53. The van der Waals surface area contributed by atoms with Gasteiger partial charge in [0, 0.05) is 19.2 Å². The minimum absolute atomic E-state index is 0.0754. The lowest BCUT2D eigenvalue weighted by molar-refractivity contribution is 0.0656. The van der Waals surface area contributed by atoms with E-state index in [4.69, 9.17) is 21.1 Å². The van der Waals surface area contributed by atoms with Crippen LogP contribution in [0.2, 0.25) is 5.02 Å². The van der Waals surface area contributed by atoms with Gasteiger partial charge in [-0.3, -0.25) is 4.68 Å². The summed E-state index contributed by atoms with van der Waals surface area (Å²) in [5.74, 6) is -0.247. The maximum atomic E-state index is 13.2. The van der Waals surface area contributed by atoms with Crippen LogP contribution in [0.5, 0.6) is 0 Å². The zero-order valence-corrected chi connectivity index (χ0v) is 19.6. The SMILES string of the molecule is Cn1cc(Nc2ncc(Cl)c(NC3COC4C(CS(=O)(=O)c5ccc(F)cc5)COC34)n2)cn1. The van der Waals surface area contributed by atoms with Gasteiger partial charge in [-0.2, -0.15) is 10.1 Å². The number of aromatic nitrogens is 4. The molecule has 0 radical (unpaired) electrons. The van der Waals surface area contributed by atoms with Crippen molar-refractivity contribution < 1.29 is 22.3 Å². The summed E-state index contributed by atoms with van der Waals surface area (Å²) < 4.78 is 52.3. The van der Waals surface area contributed by atoms with Crippen molar-refractivity contribution >= 4 is 38.9 Å². The maximum absolute atomic E-state index is 13.2. The number of anilines is 3. The van der Waals surface area contributed by atoms with E-state index in [0.717, 1.165) is 17.8 Å². The fourth-order valence-electron chi connectivity index (χ4n) is 4.18. The standard InChI is InChI=1S/C21H22ClFN6O4S/c1-29-8-14(6-25-29)26-21-24-7-16(22)20(28-21)27-17-10-33-18-12(9-32-19(17)18)11-34(30,31)15-4-2-13(23)3-5-15/h2-8,12,17-19H,9-11H2,1H3,(H2,24,26,27,28). The van der Waals surface area contributed by atoms with Crippen molar-refractivity contribution in [2.45, 2.75) is 23.1 Å². The summed E-state index contributed by atoms with van der Waals surface area (Å²) in [7, 11) is -1.82. The van der Waals surface area contributed by atoms with Crippen LogP contribution < -0.4 is 10.6 Å². The lowest BCUT2D eigenvalue weighted by Crippen LogP contribution is -2.36. The molecule has 2 aliphatic heterocycles. The molecular weight excluding hydrogens is 487 g/mol. The highest BCUT2D eigenvalue weighted by molar-refractivity contribution is 7.91. The third-order valence-corrected chi connectivity index (χ3v) is 7.92. The summed E-state index contributed by atoms with van der Waals surface area (Å²) in [6.07, 6.45) is 4.15. The second kappa shape index (κ2) is 9.10. The Hall–Kier alpha value is -2.80. The van der Waals surface area contributed by atoms with Gasteiger partial charge >= 0.3 is 0 Å². The molecule has 0 saturated carbocycles. The molecule has 34 heavy (non-hydrogen) atoms. The molecule has 2 saturated heterocycles. The Morgan fingerprint density at radius 2 is 1.94 bits per heavy atom. The number of nitrogens with zero attached hydrogens (tertiary/aromatic N) is 4. The van der Waals surface area contributed by atoms with Gasteiger partial charge in [0.15, 0.2) is 15.7 Å². The van der Waals surface area contributed by atoms with Gasteiger partial charge in [0.1, 0.15) is 16.9 Å². The first-order valence-electron chi connectivity index (χ1n) is 10.5. The monoisotopic (exact) mass is 508 g/mol. The number of sulfone groups is 1. The number of fused-ring (bicyclic) bond motifs is 1. The van der Waals surface area contributed by atoms with Gasteiger partial charge in [-0.05, 0) is 24.3 Å². The Bertz CT molecular complexity index is 1290. The highest BCUT2D eigenvalue weighted by Gasteiger charge is 2.49. The van der Waals surface area contributed by atoms with Gasteiger partial charge < -0.3 is 20.1 Å². The van der Waals surface area contributed by atoms with Crippen molar-refractivity contribution in [3.8, 4) is 0 Å². The van der Waals surface area contributed by atoms with E-state index in [0.29, 0.717) is 23.4 Å². The molecule has 4 unspecified atom stereocenters. The Morgan fingerprint density at radius 1 is 1.18 bits per heavy atom. The molecule has 2 N–H and O–H groups in total. The fourth-order valence-corrected chi connectivity index (χ4v) is 5.92. The predicted octanol–water partition coefficient (Wildman–Crippen LogP) is 2.41. The van der Waals surface area contributed by atoms with Crippen LogP contribution in [0.3, 0.4) is 0 Å². The number of halogens is 2. The Kier molecular flexibility index (Phi) is 6.15. The highest BCUT2D eigenvalue weighted by atomic mass is 35.5. The highest BCUT2D eigenvalue weighted by Crippen LogP contribution is 2.35. The first kappa shape index (κ1) is 23.0. The van der Waals surface area contributed by atoms with Crippen molar-refractivity contribution in [1.82, 2.24) is 19.7 Å². The molecule has 2 aliphatic rings. The zero-order chi connectivity index (χ0) is 23.9. The second-order valence-corrected chi connectivity index (χ2v) is 10.7. The van der Waals surface area contributed by atoms with E-state index >= 15 is 0 Å². The van der Waals surface area contributed by atoms with Gasteiger partial charge in [-0.15, -0.1) is 0 Å². The van der Waals surface area contributed by atoms with Crippen LogP contribution in [-0.2, 0) is 26.4 Å². The quantitative estimate of drug-likeness (QED) is 0.463. The molecule has 4 atom stereocenters. The van der Waals surface area contributed by atoms with Crippen LogP contribution in [0.1, 0.15) is 0 Å². The average Bonchev–Trinajstić information content (AvgIpc) is 3.49. The van der Waals surface area contributed by atoms with Crippen molar-refractivity contribution in [3.05, 3.63) is 53.7 Å². The smallest absolute Gasteiger partial charge is 0.229 e. The summed E-state index contributed by atoms with van der Waals surface area (Å²) in [6.45, 7) is 0.535. The minimum Gasteiger partial charge on any atom is -0.373 e. The van der Waals surface area contributed by atoms with Crippen LogP contribution in [0.25, 0.3) is 0 Å². The molecule has 0 bridgehead atoms. The number of hydrogen-bond acceptors (Lipinski definition) is 9. The van der Waals surface area contributed by atoms with Crippen molar-refractivity contribution in [1.29, 1.82) is 0 Å². The topological polar surface area (TPSA) is 120 Å². The summed E-state index contributed by atoms with van der Waals surface area (Å²) in [5.41, 5.74) is 0.726.